The van der Waals surface area contributed by atoms with Gasteiger partial charge < -0.3 is 4.74 Å². The van der Waals surface area contributed by atoms with E-state index in [4.69, 9.17) is 4.74 Å². The minimum atomic E-state index is 0.995. The monoisotopic (exact) mass is 870 g/mol. The van der Waals surface area contributed by atoms with Crippen LogP contribution in [0.1, 0.15) is 12.8 Å². The third kappa shape index (κ3) is 9.56. The number of rotatable bonds is 4. The summed E-state index contributed by atoms with van der Waals surface area (Å²) in [5.41, 5.74) is 9.29. The molecule has 2 aromatic heterocycles. The second-order valence-corrected chi connectivity index (χ2v) is 15.5. The first kappa shape index (κ1) is 41.5. The van der Waals surface area contributed by atoms with E-state index in [1.54, 1.807) is 0 Å². The van der Waals surface area contributed by atoms with Crippen molar-refractivity contribution in [3.05, 3.63) is 205 Å². The summed E-state index contributed by atoms with van der Waals surface area (Å²) >= 11 is 7.01. The summed E-state index contributed by atoms with van der Waals surface area (Å²) in [6.45, 7) is 2.00. The van der Waals surface area contributed by atoms with E-state index in [1.165, 1.54) is 78.2 Å². The quantitative estimate of drug-likeness (QED) is 0.109. The summed E-state index contributed by atoms with van der Waals surface area (Å²) < 4.78 is 8.79. The van der Waals surface area contributed by atoms with Crippen LogP contribution in [-0.4, -0.2) is 30.8 Å². The van der Waals surface area contributed by atoms with Gasteiger partial charge in [0.1, 0.15) is 0 Å². The molecular formula is C54H42BBrN3OS. The molecule has 1 aliphatic rings. The largest absolute Gasteiger partial charge is 0.256 e. The molecule has 61 heavy (non-hydrogen) atoms. The molecule has 7 heteroatoms. The van der Waals surface area contributed by atoms with Gasteiger partial charge in [0.15, 0.2) is 0 Å². The summed E-state index contributed by atoms with van der Waals surface area (Å²) in [5.74, 6) is 0. The molecule has 1 aliphatic heterocycles. The van der Waals surface area contributed by atoms with Gasteiger partial charge in [-0.25, -0.2) is 0 Å². The molecule has 8 aromatic carbocycles. The van der Waals surface area contributed by atoms with Crippen LogP contribution in [0.5, 0.6) is 0 Å². The van der Waals surface area contributed by atoms with Crippen LogP contribution < -0.4 is 0 Å². The van der Waals surface area contributed by atoms with E-state index < -0.39 is 0 Å². The van der Waals surface area contributed by atoms with Crippen LogP contribution in [0.2, 0.25) is 0 Å². The van der Waals surface area contributed by atoms with Gasteiger partial charge in [-0.2, -0.15) is 0 Å². The predicted molar refractivity (Wildman–Crippen MR) is 265 cm³/mol. The molecule has 1 saturated heterocycles. The molecule has 0 saturated carbocycles. The van der Waals surface area contributed by atoms with Crippen molar-refractivity contribution in [3.8, 4) is 44.8 Å². The number of benzene rings is 8. The van der Waals surface area contributed by atoms with Gasteiger partial charge in [-0.1, -0.05) is 158 Å². The van der Waals surface area contributed by atoms with Crippen LogP contribution in [0.4, 0.5) is 0 Å². The molecule has 1 fully saturated rings. The Kier molecular flexibility index (Phi) is 13.8. The molecule has 0 aliphatic carbocycles. The summed E-state index contributed by atoms with van der Waals surface area (Å²) in [6, 6.07) is 66.1. The minimum absolute atomic E-state index is 0.995. The van der Waals surface area contributed by atoms with Gasteiger partial charge in [0.25, 0.3) is 0 Å². The zero-order chi connectivity index (χ0) is 41.8. The summed E-state index contributed by atoms with van der Waals surface area (Å²) in [6.07, 6.45) is 6.22. The van der Waals surface area contributed by atoms with Crippen molar-refractivity contribution in [1.82, 2.24) is 9.97 Å². The fraction of sp³-hybridized carbons (Fsp3) is 0.0741. The Bertz CT molecular complexity index is 2920. The number of thiol groups is 1. The second-order valence-electron chi connectivity index (χ2n) is 14.5. The molecule has 0 spiro atoms. The average molecular weight is 872 g/mol. The number of hydrogen-bond donors (Lipinski definition) is 1. The van der Waals surface area contributed by atoms with Crippen molar-refractivity contribution in [2.45, 2.75) is 12.8 Å². The number of nitrogens with zero attached hydrogens (tertiary/aromatic N) is 3. The van der Waals surface area contributed by atoms with Gasteiger partial charge in [0, 0.05) is 41.2 Å². The SMILES string of the molecule is Brc1c2ccccc2c(-c2ccc(-c3ccccn3)cc2)c2ccccc12.C1CCOC1.[B]=NS.c1ccc(-c2ccc(-c3c4ccccc4cc4ccccc34)cc2)nc1. The van der Waals surface area contributed by atoms with E-state index in [0.717, 1.165) is 40.2 Å². The van der Waals surface area contributed by atoms with Crippen LogP contribution in [0.15, 0.2) is 209 Å². The van der Waals surface area contributed by atoms with Crippen molar-refractivity contribution in [2.75, 3.05) is 13.2 Å². The summed E-state index contributed by atoms with van der Waals surface area (Å²) in [4.78, 5) is 8.91. The molecule has 11 rings (SSSR count). The zero-order valence-electron chi connectivity index (χ0n) is 33.5. The maximum Gasteiger partial charge on any atom is 0.0701 e. The third-order valence-corrected chi connectivity index (χ3v) is 11.6. The predicted octanol–water partition coefficient (Wildman–Crippen LogP) is 15.2. The van der Waals surface area contributed by atoms with Crippen LogP contribution in [-0.2, 0) is 4.74 Å². The normalized spacial score (nSPS) is 11.8. The van der Waals surface area contributed by atoms with Crippen LogP contribution in [0.25, 0.3) is 87.9 Å². The first-order valence-corrected chi connectivity index (χ1v) is 21.5. The standard InChI is InChI=1S/C25H16BrN.C25H17N.C4H8O.BHNS/c26-25-21-9-3-1-7-19(21)24(20-8-2-4-10-22(20)25)18-14-12-17(13-15-18)23-11-5-6-16-27-23;1-3-9-22-20(7-1)17-21-8-2-4-10-23(21)25(22)19-14-12-18(13-15-19)24-11-5-6-16-26-24;1-2-4-5-3-1;1-2-3/h1-16H;1-17H;1-4H2;3H. The topological polar surface area (TPSA) is 47.4 Å². The fourth-order valence-electron chi connectivity index (χ4n) is 7.90. The third-order valence-electron chi connectivity index (χ3n) is 10.7. The Morgan fingerprint density at radius 1 is 0.443 bits per heavy atom. The van der Waals surface area contributed by atoms with Gasteiger partial charge >= 0.3 is 24.8 Å². The van der Waals surface area contributed by atoms with Gasteiger partial charge in [-0.15, -0.1) is 0 Å². The van der Waals surface area contributed by atoms with E-state index >= 15 is 0 Å². The number of halogens is 1. The molecule has 0 N–H and O–H groups in total. The molecule has 4 nitrogen and oxygen atoms in total. The summed E-state index contributed by atoms with van der Waals surface area (Å²) in [5, 5.41) is 10.1. The van der Waals surface area contributed by atoms with Gasteiger partial charge in [0.05, 0.1) is 11.4 Å². The van der Waals surface area contributed by atoms with E-state index in [9.17, 15) is 0 Å². The van der Waals surface area contributed by atoms with Crippen LogP contribution >= 0.6 is 28.7 Å². The van der Waals surface area contributed by atoms with Crippen molar-refractivity contribution in [2.24, 2.45) is 4.30 Å². The minimum Gasteiger partial charge on any atom is -0.256 e. The number of aromatic nitrogens is 2. The Balaban J connectivity index is 0.000000143. The van der Waals surface area contributed by atoms with Gasteiger partial charge in [0.2, 0.25) is 0 Å². The number of hydrogen-bond acceptors (Lipinski definition) is 5. The van der Waals surface area contributed by atoms with Crippen molar-refractivity contribution >= 4 is 79.5 Å². The first-order chi connectivity index (χ1) is 30.1. The fourth-order valence-corrected chi connectivity index (χ4v) is 8.60. The van der Waals surface area contributed by atoms with Crippen LogP contribution in [0, 0.1) is 0 Å². The van der Waals surface area contributed by atoms with E-state index in [1.807, 2.05) is 48.8 Å². The molecular weight excluding hydrogens is 829 g/mol. The Labute approximate surface area is 372 Å². The molecule has 0 atom stereocenters. The van der Waals surface area contributed by atoms with E-state index in [0.29, 0.717) is 0 Å². The van der Waals surface area contributed by atoms with E-state index in [2.05, 4.69) is 202 Å². The van der Waals surface area contributed by atoms with Gasteiger partial charge in [-0.3, -0.25) is 9.97 Å². The molecule has 0 unspecified atom stereocenters. The average Bonchev–Trinajstić information content (AvgIpc) is 3.93. The Hall–Kier alpha value is -6.25. The van der Waals surface area contributed by atoms with Crippen molar-refractivity contribution in [1.29, 1.82) is 0 Å². The van der Waals surface area contributed by atoms with Crippen molar-refractivity contribution < 1.29 is 4.74 Å². The molecule has 295 valence electrons. The molecule has 0 amide bonds. The number of ether oxygens (including phenoxy) is 1. The Morgan fingerprint density at radius 2 is 0.787 bits per heavy atom. The molecule has 10 aromatic rings. The maximum atomic E-state index is 4.94. The van der Waals surface area contributed by atoms with E-state index in [-0.39, 0.29) is 0 Å². The summed E-state index contributed by atoms with van der Waals surface area (Å²) in [7, 11) is 4.34. The zero-order valence-corrected chi connectivity index (χ0v) is 36.0. The second kappa shape index (κ2) is 20.3. The Morgan fingerprint density at radius 3 is 1.16 bits per heavy atom. The molecule has 1 radical (unpaired) electrons. The molecule has 3 heterocycles. The molecule has 0 bridgehead atoms. The smallest absolute Gasteiger partial charge is 0.0701 e. The van der Waals surface area contributed by atoms with Crippen LogP contribution in [0.3, 0.4) is 0 Å². The first-order valence-electron chi connectivity index (χ1n) is 20.3. The number of pyridine rings is 2. The van der Waals surface area contributed by atoms with Crippen molar-refractivity contribution in [3.63, 3.8) is 0 Å². The number of fused-ring (bicyclic) bond motifs is 4. The van der Waals surface area contributed by atoms with Gasteiger partial charge in [-0.05, 0) is 124 Å². The maximum absolute atomic E-state index is 4.94.